The normalized spacial score (nSPS) is 34.0. The lowest BCUT2D eigenvalue weighted by molar-refractivity contribution is 0.334. The molecule has 0 unspecified atom stereocenters. The molecule has 13 heavy (non-hydrogen) atoms. The van der Waals surface area contributed by atoms with Gasteiger partial charge in [0.2, 0.25) is 0 Å². The zero-order valence-electron chi connectivity index (χ0n) is 7.44. The van der Waals surface area contributed by atoms with Crippen LogP contribution < -0.4 is 0 Å². The zero-order valence-corrected chi connectivity index (χ0v) is 14.3. The van der Waals surface area contributed by atoms with Crippen molar-refractivity contribution < 1.29 is 20.6 Å². The number of hydrogen-bond donors (Lipinski definition) is 0. The summed E-state index contributed by atoms with van der Waals surface area (Å²) in [7, 11) is -4.76. The van der Waals surface area contributed by atoms with Crippen LogP contribution in [-0.2, 0) is 20.6 Å². The second-order valence-electron chi connectivity index (χ2n) is 2.37. The standard InChI is InChI=1S/C3H14O5Si5/c1-2-3-13-7-11-5-9-4-10-6-12-8-13/h2,13H,1,3,9-12H2. The van der Waals surface area contributed by atoms with Crippen LogP contribution in [0.2, 0.25) is 6.04 Å². The van der Waals surface area contributed by atoms with E-state index in [1.165, 1.54) is 0 Å². The van der Waals surface area contributed by atoms with Crippen LogP contribution in [0.3, 0.4) is 0 Å². The van der Waals surface area contributed by atoms with Gasteiger partial charge in [0.25, 0.3) is 40.0 Å². The van der Waals surface area contributed by atoms with E-state index in [1.807, 2.05) is 6.08 Å². The minimum atomic E-state index is -1.50. The maximum Gasteiger partial charge on any atom is 0.306 e. The van der Waals surface area contributed by atoms with Crippen LogP contribution in [0.15, 0.2) is 12.7 Å². The minimum absolute atomic E-state index is 0.786. The fraction of sp³-hybridized carbons (Fsp3) is 0.333. The molecule has 1 saturated heterocycles. The summed E-state index contributed by atoms with van der Waals surface area (Å²) in [4.78, 5) is 0. The molecule has 1 fully saturated rings. The number of rotatable bonds is 2. The highest BCUT2D eigenvalue weighted by Crippen LogP contribution is 1.97. The largest absolute Gasteiger partial charge is 0.425 e. The Morgan fingerprint density at radius 3 is 2.08 bits per heavy atom. The van der Waals surface area contributed by atoms with Gasteiger partial charge in [0.05, 0.1) is 0 Å². The SMILES string of the molecule is C=CC[SiH]1O[SiH2]O[SiH2]O[SiH2]O[SiH2]O1. The van der Waals surface area contributed by atoms with Crippen molar-refractivity contribution in [1.82, 2.24) is 0 Å². The Morgan fingerprint density at radius 1 is 1.00 bits per heavy atom. The monoisotopic (exact) mass is 270 g/mol. The summed E-state index contributed by atoms with van der Waals surface area (Å²) >= 11 is 0. The Labute approximate surface area is 88.8 Å². The molecule has 1 aliphatic heterocycles. The fourth-order valence-electron chi connectivity index (χ4n) is 0.788. The molecule has 76 valence electrons. The molecular weight excluding hydrogens is 256 g/mol. The molecule has 10 heteroatoms. The smallest absolute Gasteiger partial charge is 0.306 e. The van der Waals surface area contributed by atoms with E-state index in [0.29, 0.717) is 0 Å². The van der Waals surface area contributed by atoms with Crippen molar-refractivity contribution in [2.24, 2.45) is 0 Å². The maximum atomic E-state index is 5.55. The van der Waals surface area contributed by atoms with Gasteiger partial charge in [-0.25, -0.2) is 0 Å². The molecule has 1 heterocycles. The molecule has 5 nitrogen and oxygen atoms in total. The van der Waals surface area contributed by atoms with Crippen molar-refractivity contribution in [2.45, 2.75) is 6.04 Å². The summed E-state index contributed by atoms with van der Waals surface area (Å²) in [6.45, 7) is 3.67. The van der Waals surface area contributed by atoms with Crippen molar-refractivity contribution in [2.75, 3.05) is 0 Å². The molecule has 0 N–H and O–H groups in total. The second kappa shape index (κ2) is 7.98. The highest BCUT2D eigenvalue weighted by molar-refractivity contribution is 6.59. The average Bonchev–Trinajstić information content (AvgIpc) is 2.16. The summed E-state index contributed by atoms with van der Waals surface area (Å²) in [5.74, 6) is 0. The van der Waals surface area contributed by atoms with E-state index >= 15 is 0 Å². The van der Waals surface area contributed by atoms with Crippen molar-refractivity contribution in [3.05, 3.63) is 12.7 Å². The van der Waals surface area contributed by atoms with Crippen LogP contribution >= 0.6 is 0 Å². The molecule has 0 aromatic rings. The van der Waals surface area contributed by atoms with Crippen LogP contribution in [0, 0.1) is 0 Å². The van der Waals surface area contributed by atoms with Gasteiger partial charge in [-0.05, 0) is 0 Å². The maximum absolute atomic E-state index is 5.55. The highest BCUT2D eigenvalue weighted by Gasteiger charge is 2.12. The van der Waals surface area contributed by atoms with Gasteiger partial charge in [0.15, 0.2) is 0 Å². The molecule has 1 rings (SSSR count). The Kier molecular flexibility index (Phi) is 7.18. The first-order valence-electron chi connectivity index (χ1n) is 4.01. The van der Waals surface area contributed by atoms with Gasteiger partial charge in [-0.15, -0.1) is 6.58 Å². The van der Waals surface area contributed by atoms with E-state index < -0.39 is 49.3 Å². The van der Waals surface area contributed by atoms with E-state index in [4.69, 9.17) is 20.6 Å². The lowest BCUT2D eigenvalue weighted by atomic mass is 10.8. The number of allylic oxidation sites excluding steroid dienone is 1. The van der Waals surface area contributed by atoms with E-state index in [0.717, 1.165) is 6.04 Å². The molecule has 0 spiro atoms. The van der Waals surface area contributed by atoms with Gasteiger partial charge in [0, 0.05) is 6.04 Å². The Hall–Kier alpha value is 0.624. The summed E-state index contributed by atoms with van der Waals surface area (Å²) in [5, 5.41) is 0. The van der Waals surface area contributed by atoms with Gasteiger partial charge in [0.1, 0.15) is 0 Å². The minimum Gasteiger partial charge on any atom is -0.425 e. The van der Waals surface area contributed by atoms with Crippen LogP contribution in [0.25, 0.3) is 0 Å². The lowest BCUT2D eigenvalue weighted by Gasteiger charge is -2.18. The first-order valence-corrected chi connectivity index (χ1v) is 10.4. The van der Waals surface area contributed by atoms with Crippen molar-refractivity contribution in [1.29, 1.82) is 0 Å². The van der Waals surface area contributed by atoms with Crippen LogP contribution in [0.1, 0.15) is 0 Å². The van der Waals surface area contributed by atoms with E-state index in [9.17, 15) is 0 Å². The predicted molar refractivity (Wildman–Crippen MR) is 61.8 cm³/mol. The quantitative estimate of drug-likeness (QED) is 0.385. The van der Waals surface area contributed by atoms with Gasteiger partial charge >= 0.3 is 9.28 Å². The van der Waals surface area contributed by atoms with Gasteiger partial charge in [-0.2, -0.15) is 0 Å². The topological polar surface area (TPSA) is 46.2 Å². The summed E-state index contributed by atoms with van der Waals surface area (Å²) in [5.41, 5.74) is 0. The van der Waals surface area contributed by atoms with Crippen molar-refractivity contribution >= 4 is 49.3 Å². The molecular formula is C3H14O5Si5. The molecule has 0 radical (unpaired) electrons. The first kappa shape index (κ1) is 11.7. The third-order valence-corrected chi connectivity index (χ3v) is 10.1. The Bertz CT molecular complexity index is 136. The fourth-order valence-corrected chi connectivity index (χ4v) is 11.0. The molecule has 1 aliphatic rings. The first-order chi connectivity index (χ1) is 6.43. The van der Waals surface area contributed by atoms with Gasteiger partial charge < -0.3 is 20.6 Å². The molecule has 0 amide bonds. The average molecular weight is 271 g/mol. The Morgan fingerprint density at radius 2 is 1.54 bits per heavy atom. The molecule has 0 aromatic heterocycles. The lowest BCUT2D eigenvalue weighted by Crippen LogP contribution is -2.31. The van der Waals surface area contributed by atoms with Crippen LogP contribution in [0.4, 0.5) is 0 Å². The summed E-state index contributed by atoms with van der Waals surface area (Å²) in [6.07, 6.45) is 1.84. The zero-order chi connectivity index (χ0) is 9.36. The predicted octanol–water partition coefficient (Wildman–Crippen LogP) is -3.52. The highest BCUT2D eigenvalue weighted by atomic mass is 28.4. The van der Waals surface area contributed by atoms with Crippen molar-refractivity contribution in [3.63, 3.8) is 0 Å². The van der Waals surface area contributed by atoms with E-state index in [-0.39, 0.29) is 0 Å². The molecule has 0 saturated carbocycles. The third-order valence-electron chi connectivity index (χ3n) is 1.37. The van der Waals surface area contributed by atoms with E-state index in [2.05, 4.69) is 6.58 Å². The molecule has 0 aliphatic carbocycles. The van der Waals surface area contributed by atoms with Gasteiger partial charge in [-0.1, -0.05) is 6.08 Å². The van der Waals surface area contributed by atoms with Crippen molar-refractivity contribution in [3.8, 4) is 0 Å². The summed E-state index contributed by atoms with van der Waals surface area (Å²) < 4.78 is 27.0. The number of hydrogen-bond acceptors (Lipinski definition) is 5. The molecule has 0 atom stereocenters. The van der Waals surface area contributed by atoms with E-state index in [1.54, 1.807) is 0 Å². The molecule has 0 bridgehead atoms. The third kappa shape index (κ3) is 5.84. The van der Waals surface area contributed by atoms with Gasteiger partial charge in [-0.3, -0.25) is 0 Å². The molecule has 0 aromatic carbocycles. The van der Waals surface area contributed by atoms with Crippen LogP contribution in [0.5, 0.6) is 0 Å². The summed E-state index contributed by atoms with van der Waals surface area (Å²) in [6, 6.07) is 0.844. The van der Waals surface area contributed by atoms with Crippen LogP contribution in [-0.4, -0.2) is 49.3 Å². The second-order valence-corrected chi connectivity index (χ2v) is 12.2. The Balaban J connectivity index is 2.21.